The van der Waals surface area contributed by atoms with E-state index in [2.05, 4.69) is 5.32 Å². The van der Waals surface area contributed by atoms with Crippen LogP contribution in [0, 0.1) is 11.6 Å². The van der Waals surface area contributed by atoms with Gasteiger partial charge < -0.3 is 10.1 Å². The lowest BCUT2D eigenvalue weighted by atomic mass is 10.2. The van der Waals surface area contributed by atoms with Crippen molar-refractivity contribution in [2.45, 2.75) is 13.0 Å². The van der Waals surface area contributed by atoms with Gasteiger partial charge in [0.2, 0.25) is 15.9 Å². The fourth-order valence-electron chi connectivity index (χ4n) is 2.35. The van der Waals surface area contributed by atoms with Crippen molar-refractivity contribution in [2.24, 2.45) is 0 Å². The summed E-state index contributed by atoms with van der Waals surface area (Å²) in [4.78, 5) is 12.5. The van der Waals surface area contributed by atoms with Crippen molar-refractivity contribution in [1.29, 1.82) is 0 Å². The van der Waals surface area contributed by atoms with Crippen molar-refractivity contribution < 1.29 is 26.7 Å². The minimum Gasteiger partial charge on any atom is -0.497 e. The number of benzene rings is 2. The van der Waals surface area contributed by atoms with E-state index < -0.39 is 33.6 Å². The van der Waals surface area contributed by atoms with Gasteiger partial charge >= 0.3 is 0 Å². The predicted molar refractivity (Wildman–Crippen MR) is 94.8 cm³/mol. The molecule has 0 aliphatic carbocycles. The standard InChI is InChI=1S/C17H18F2N2O4S/c1-11(17(22)20-12-4-7-14(25-2)8-5-12)21(26(3,23)24)13-6-9-15(18)16(19)10-13/h4-11H,1-3H3,(H,20,22)/t11-/m0/s1. The zero-order chi connectivity index (χ0) is 19.5. The minimum atomic E-state index is -3.93. The van der Waals surface area contributed by atoms with E-state index in [9.17, 15) is 22.0 Å². The van der Waals surface area contributed by atoms with Crippen molar-refractivity contribution in [3.05, 3.63) is 54.1 Å². The van der Waals surface area contributed by atoms with E-state index in [1.165, 1.54) is 14.0 Å². The van der Waals surface area contributed by atoms with E-state index in [0.717, 1.165) is 28.8 Å². The molecule has 2 aromatic carbocycles. The number of nitrogens with one attached hydrogen (secondary N) is 1. The van der Waals surface area contributed by atoms with Gasteiger partial charge in [0.05, 0.1) is 19.1 Å². The molecule has 140 valence electrons. The summed E-state index contributed by atoms with van der Waals surface area (Å²) in [6.07, 6.45) is 0.880. The first-order chi connectivity index (χ1) is 12.1. The van der Waals surface area contributed by atoms with Crippen LogP contribution < -0.4 is 14.4 Å². The largest absolute Gasteiger partial charge is 0.497 e. The Labute approximate surface area is 150 Å². The molecule has 2 rings (SSSR count). The summed E-state index contributed by atoms with van der Waals surface area (Å²) in [5.74, 6) is -2.36. The molecule has 9 heteroatoms. The number of ether oxygens (including phenoxy) is 1. The van der Waals surface area contributed by atoms with Crippen LogP contribution in [0.15, 0.2) is 42.5 Å². The summed E-state index contributed by atoms with van der Waals surface area (Å²) >= 11 is 0. The molecule has 2 aromatic rings. The Balaban J connectivity index is 2.29. The van der Waals surface area contributed by atoms with Crippen molar-refractivity contribution in [1.82, 2.24) is 0 Å². The highest BCUT2D eigenvalue weighted by atomic mass is 32.2. The van der Waals surface area contributed by atoms with Gasteiger partial charge in [-0.15, -0.1) is 0 Å². The molecule has 0 aromatic heterocycles. The van der Waals surface area contributed by atoms with E-state index in [4.69, 9.17) is 4.74 Å². The second-order valence-electron chi connectivity index (χ2n) is 5.55. The van der Waals surface area contributed by atoms with Gasteiger partial charge in [0, 0.05) is 11.8 Å². The maximum atomic E-state index is 13.5. The van der Waals surface area contributed by atoms with Gasteiger partial charge in [-0.25, -0.2) is 17.2 Å². The summed E-state index contributed by atoms with van der Waals surface area (Å²) in [5.41, 5.74) is 0.283. The number of amides is 1. The van der Waals surface area contributed by atoms with Gasteiger partial charge in [0.15, 0.2) is 11.6 Å². The lowest BCUT2D eigenvalue weighted by molar-refractivity contribution is -0.116. The zero-order valence-electron chi connectivity index (χ0n) is 14.4. The molecule has 6 nitrogen and oxygen atoms in total. The first-order valence-electron chi connectivity index (χ1n) is 7.53. The Morgan fingerprint density at radius 3 is 2.23 bits per heavy atom. The van der Waals surface area contributed by atoms with E-state index in [1.807, 2.05) is 0 Å². The average Bonchev–Trinajstić information content (AvgIpc) is 2.57. The van der Waals surface area contributed by atoms with Crippen LogP contribution in [0.2, 0.25) is 0 Å². The molecule has 0 bridgehead atoms. The van der Waals surface area contributed by atoms with Crippen LogP contribution in [0.1, 0.15) is 6.92 Å². The molecule has 1 atom stereocenters. The number of rotatable bonds is 6. The number of anilines is 2. The smallest absolute Gasteiger partial charge is 0.247 e. The Morgan fingerprint density at radius 2 is 1.73 bits per heavy atom. The Hall–Kier alpha value is -2.68. The number of hydrogen-bond donors (Lipinski definition) is 1. The summed E-state index contributed by atoms with van der Waals surface area (Å²) in [6, 6.07) is 7.86. The lowest BCUT2D eigenvalue weighted by Crippen LogP contribution is -2.45. The molecule has 0 fully saturated rings. The van der Waals surface area contributed by atoms with Gasteiger partial charge in [-0.3, -0.25) is 9.10 Å². The maximum absolute atomic E-state index is 13.5. The Bertz CT molecular complexity index is 901. The topological polar surface area (TPSA) is 75.7 Å². The third-order valence-electron chi connectivity index (χ3n) is 3.60. The number of carbonyl (C=O) groups is 1. The monoisotopic (exact) mass is 384 g/mol. The van der Waals surface area contributed by atoms with Gasteiger partial charge in [0.1, 0.15) is 11.8 Å². The number of nitrogens with zero attached hydrogens (tertiary/aromatic N) is 1. The van der Waals surface area contributed by atoms with Crippen molar-refractivity contribution in [3.8, 4) is 5.75 Å². The van der Waals surface area contributed by atoms with E-state index in [-0.39, 0.29) is 5.69 Å². The molecule has 0 saturated carbocycles. The second-order valence-corrected chi connectivity index (χ2v) is 7.41. The molecule has 1 N–H and O–H groups in total. The third kappa shape index (κ3) is 4.48. The van der Waals surface area contributed by atoms with Crippen LogP contribution in [0.4, 0.5) is 20.2 Å². The number of carbonyl (C=O) groups excluding carboxylic acids is 1. The highest BCUT2D eigenvalue weighted by Crippen LogP contribution is 2.24. The molecule has 26 heavy (non-hydrogen) atoms. The first-order valence-corrected chi connectivity index (χ1v) is 9.37. The van der Waals surface area contributed by atoms with Gasteiger partial charge in [0.25, 0.3) is 0 Å². The number of hydrogen-bond acceptors (Lipinski definition) is 4. The fraction of sp³-hybridized carbons (Fsp3) is 0.235. The summed E-state index contributed by atoms with van der Waals surface area (Å²) in [7, 11) is -2.43. The molecule has 0 spiro atoms. The van der Waals surface area contributed by atoms with Crippen LogP contribution in [-0.2, 0) is 14.8 Å². The predicted octanol–water partition coefficient (Wildman–Crippen LogP) is 2.77. The van der Waals surface area contributed by atoms with Crippen LogP contribution in [0.5, 0.6) is 5.75 Å². The second kappa shape index (κ2) is 7.69. The normalized spacial score (nSPS) is 12.3. The van der Waals surface area contributed by atoms with Crippen LogP contribution in [0.25, 0.3) is 0 Å². The third-order valence-corrected chi connectivity index (χ3v) is 4.85. The van der Waals surface area contributed by atoms with Crippen molar-refractivity contribution >= 4 is 27.3 Å². The summed E-state index contributed by atoms with van der Waals surface area (Å²) < 4.78 is 56.6. The van der Waals surface area contributed by atoms with Crippen LogP contribution in [-0.4, -0.2) is 33.7 Å². The van der Waals surface area contributed by atoms with Crippen LogP contribution >= 0.6 is 0 Å². The van der Waals surface area contributed by atoms with E-state index in [1.54, 1.807) is 24.3 Å². The average molecular weight is 384 g/mol. The summed E-state index contributed by atoms with van der Waals surface area (Å²) in [6.45, 7) is 1.35. The lowest BCUT2D eigenvalue weighted by Gasteiger charge is -2.28. The Morgan fingerprint density at radius 1 is 1.12 bits per heavy atom. The zero-order valence-corrected chi connectivity index (χ0v) is 15.2. The number of methoxy groups -OCH3 is 1. The Kier molecular flexibility index (Phi) is 5.81. The van der Waals surface area contributed by atoms with Crippen LogP contribution in [0.3, 0.4) is 0 Å². The van der Waals surface area contributed by atoms with Gasteiger partial charge in [-0.05, 0) is 43.3 Å². The molecule has 0 radical (unpaired) electrons. The molecule has 1 amide bonds. The quantitative estimate of drug-likeness (QED) is 0.831. The molecule has 0 saturated heterocycles. The maximum Gasteiger partial charge on any atom is 0.247 e. The highest BCUT2D eigenvalue weighted by Gasteiger charge is 2.29. The molecule has 0 aliphatic heterocycles. The molecular formula is C17H18F2N2O4S. The van der Waals surface area contributed by atoms with E-state index in [0.29, 0.717) is 11.4 Å². The molecule has 0 heterocycles. The first kappa shape index (κ1) is 19.6. The SMILES string of the molecule is COc1ccc(NC(=O)[C@H](C)N(c2ccc(F)c(F)c2)S(C)(=O)=O)cc1. The molecule has 0 unspecified atom stereocenters. The number of sulfonamides is 1. The minimum absolute atomic E-state index is 0.149. The molecular weight excluding hydrogens is 366 g/mol. The highest BCUT2D eigenvalue weighted by molar-refractivity contribution is 7.92. The number of halogens is 2. The van der Waals surface area contributed by atoms with Crippen molar-refractivity contribution in [2.75, 3.05) is 23.0 Å². The van der Waals surface area contributed by atoms with Gasteiger partial charge in [-0.2, -0.15) is 0 Å². The van der Waals surface area contributed by atoms with Crippen molar-refractivity contribution in [3.63, 3.8) is 0 Å². The van der Waals surface area contributed by atoms with Gasteiger partial charge in [-0.1, -0.05) is 0 Å². The molecule has 0 aliphatic rings. The van der Waals surface area contributed by atoms with E-state index >= 15 is 0 Å². The fourth-order valence-corrected chi connectivity index (χ4v) is 3.52. The summed E-state index contributed by atoms with van der Waals surface area (Å²) in [5, 5.41) is 2.57.